The van der Waals surface area contributed by atoms with Crippen molar-refractivity contribution in [2.24, 2.45) is 0 Å². The topological polar surface area (TPSA) is 69.9 Å². The van der Waals surface area contributed by atoms with Crippen molar-refractivity contribution >= 4 is 33.4 Å². The molecule has 0 bridgehead atoms. The number of nitrogens with one attached hydrogen (secondary N) is 3. The van der Waals surface area contributed by atoms with Crippen molar-refractivity contribution in [1.29, 1.82) is 0 Å². The van der Waals surface area contributed by atoms with Crippen LogP contribution < -0.4 is 10.1 Å². The second kappa shape index (κ2) is 6.02. The van der Waals surface area contributed by atoms with Crippen molar-refractivity contribution in [3.05, 3.63) is 59.9 Å². The van der Waals surface area contributed by atoms with Crippen LogP contribution in [0.5, 0.6) is 5.75 Å². The molecule has 0 aliphatic heterocycles. The standard InChI is InChI=1S/C20H19N3O2/c1-12-7-13-8-15(3-5-18(13)22-12)23-20(24)9-14-11-21-19-6-4-16(25-2)10-17(14)19/h3-8,10-11,21-22H,9H2,1-2H3,(H,23,24). The number of carbonyl (C=O) groups is 1. The molecule has 5 heteroatoms. The van der Waals surface area contributed by atoms with E-state index in [0.29, 0.717) is 6.42 Å². The van der Waals surface area contributed by atoms with Crippen molar-refractivity contribution in [3.63, 3.8) is 0 Å². The molecule has 0 unspecified atom stereocenters. The van der Waals surface area contributed by atoms with Gasteiger partial charge in [0.2, 0.25) is 5.91 Å². The molecule has 4 aromatic rings. The second-order valence-corrected chi connectivity index (χ2v) is 6.20. The molecule has 1 amide bonds. The molecule has 4 rings (SSSR count). The highest BCUT2D eigenvalue weighted by molar-refractivity contribution is 5.97. The van der Waals surface area contributed by atoms with Crippen molar-refractivity contribution in [3.8, 4) is 5.75 Å². The number of anilines is 1. The normalized spacial score (nSPS) is 11.1. The summed E-state index contributed by atoms with van der Waals surface area (Å²) in [6.45, 7) is 2.02. The lowest BCUT2D eigenvalue weighted by Crippen LogP contribution is -2.14. The minimum absolute atomic E-state index is 0.0460. The zero-order valence-corrected chi connectivity index (χ0v) is 14.1. The maximum absolute atomic E-state index is 12.5. The average Bonchev–Trinajstić information content (AvgIpc) is 3.16. The zero-order chi connectivity index (χ0) is 17.4. The minimum atomic E-state index is -0.0460. The summed E-state index contributed by atoms with van der Waals surface area (Å²) >= 11 is 0. The van der Waals surface area contributed by atoms with E-state index in [1.54, 1.807) is 7.11 Å². The summed E-state index contributed by atoms with van der Waals surface area (Å²) < 4.78 is 5.27. The zero-order valence-electron chi connectivity index (χ0n) is 14.1. The number of H-pyrrole nitrogens is 2. The second-order valence-electron chi connectivity index (χ2n) is 6.20. The van der Waals surface area contributed by atoms with Gasteiger partial charge in [-0.1, -0.05) is 0 Å². The van der Waals surface area contributed by atoms with Gasteiger partial charge in [-0.15, -0.1) is 0 Å². The largest absolute Gasteiger partial charge is 0.497 e. The Balaban J connectivity index is 1.55. The Kier molecular flexibility index (Phi) is 3.69. The molecule has 25 heavy (non-hydrogen) atoms. The number of aryl methyl sites for hydroxylation is 1. The van der Waals surface area contributed by atoms with E-state index in [9.17, 15) is 4.79 Å². The van der Waals surface area contributed by atoms with E-state index in [4.69, 9.17) is 4.74 Å². The third-order valence-corrected chi connectivity index (χ3v) is 4.36. The van der Waals surface area contributed by atoms with E-state index < -0.39 is 0 Å². The minimum Gasteiger partial charge on any atom is -0.497 e. The highest BCUT2D eigenvalue weighted by Crippen LogP contribution is 2.25. The molecule has 126 valence electrons. The molecule has 0 saturated carbocycles. The van der Waals surface area contributed by atoms with E-state index in [1.807, 2.05) is 49.5 Å². The van der Waals surface area contributed by atoms with E-state index >= 15 is 0 Å². The first-order valence-corrected chi connectivity index (χ1v) is 8.15. The predicted molar refractivity (Wildman–Crippen MR) is 100 cm³/mol. The lowest BCUT2D eigenvalue weighted by Gasteiger charge is -2.06. The lowest BCUT2D eigenvalue weighted by molar-refractivity contribution is -0.115. The van der Waals surface area contributed by atoms with Crippen LogP contribution in [0.3, 0.4) is 0 Å². The molecule has 3 N–H and O–H groups in total. The Labute approximate surface area is 145 Å². The molecule has 0 spiro atoms. The lowest BCUT2D eigenvalue weighted by atomic mass is 10.1. The smallest absolute Gasteiger partial charge is 0.228 e. The third kappa shape index (κ3) is 2.96. The van der Waals surface area contributed by atoms with E-state index in [-0.39, 0.29) is 5.91 Å². The fraction of sp³-hybridized carbons (Fsp3) is 0.150. The number of hydrogen-bond acceptors (Lipinski definition) is 2. The first-order valence-electron chi connectivity index (χ1n) is 8.15. The summed E-state index contributed by atoms with van der Waals surface area (Å²) in [4.78, 5) is 18.9. The van der Waals surface area contributed by atoms with Gasteiger partial charge in [0.05, 0.1) is 13.5 Å². The molecule has 0 aliphatic carbocycles. The molecule has 0 saturated heterocycles. The molecule has 0 atom stereocenters. The monoisotopic (exact) mass is 333 g/mol. The van der Waals surface area contributed by atoms with Crippen LogP contribution in [-0.4, -0.2) is 23.0 Å². The highest BCUT2D eigenvalue weighted by atomic mass is 16.5. The number of aromatic amines is 2. The van der Waals surface area contributed by atoms with Crippen LogP contribution in [0.2, 0.25) is 0 Å². The van der Waals surface area contributed by atoms with Crippen LogP contribution in [0.15, 0.2) is 48.7 Å². The number of hydrogen-bond donors (Lipinski definition) is 3. The number of aromatic nitrogens is 2. The van der Waals surface area contributed by atoms with Crippen LogP contribution in [-0.2, 0) is 11.2 Å². The maximum Gasteiger partial charge on any atom is 0.228 e. The summed E-state index contributed by atoms with van der Waals surface area (Å²) in [5.74, 6) is 0.734. The van der Waals surface area contributed by atoms with E-state index in [1.165, 1.54) is 0 Å². The molecular formula is C20H19N3O2. The van der Waals surface area contributed by atoms with Gasteiger partial charge in [-0.05, 0) is 55.0 Å². The van der Waals surface area contributed by atoms with Gasteiger partial charge in [-0.2, -0.15) is 0 Å². The van der Waals surface area contributed by atoms with Gasteiger partial charge >= 0.3 is 0 Å². The Morgan fingerprint density at radius 2 is 1.96 bits per heavy atom. The SMILES string of the molecule is COc1ccc2[nH]cc(CC(=O)Nc3ccc4[nH]c(C)cc4c3)c2c1. The highest BCUT2D eigenvalue weighted by Gasteiger charge is 2.10. The van der Waals surface area contributed by atoms with Crippen LogP contribution in [0.4, 0.5) is 5.69 Å². The quantitative estimate of drug-likeness (QED) is 0.525. The van der Waals surface area contributed by atoms with Gasteiger partial charge in [0, 0.05) is 39.4 Å². The van der Waals surface area contributed by atoms with Gasteiger partial charge in [0.25, 0.3) is 0 Å². The van der Waals surface area contributed by atoms with Gasteiger partial charge < -0.3 is 20.0 Å². The molecule has 2 aromatic carbocycles. The first kappa shape index (κ1) is 15.3. The predicted octanol–water partition coefficient (Wildman–Crippen LogP) is 4.15. The molecule has 0 aliphatic rings. The number of carbonyl (C=O) groups excluding carboxylic acids is 1. The van der Waals surface area contributed by atoms with Gasteiger partial charge in [0.1, 0.15) is 5.75 Å². The average molecular weight is 333 g/mol. The van der Waals surface area contributed by atoms with Crippen LogP contribution in [0.1, 0.15) is 11.3 Å². The van der Waals surface area contributed by atoms with Gasteiger partial charge in [-0.25, -0.2) is 0 Å². The first-order chi connectivity index (χ1) is 12.1. The number of rotatable bonds is 4. The Bertz CT molecular complexity index is 1080. The molecule has 2 aromatic heterocycles. The Hall–Kier alpha value is -3.21. The Morgan fingerprint density at radius 3 is 2.80 bits per heavy atom. The fourth-order valence-electron chi connectivity index (χ4n) is 3.16. The number of ether oxygens (including phenoxy) is 1. The van der Waals surface area contributed by atoms with Crippen molar-refractivity contribution in [2.75, 3.05) is 12.4 Å². The van der Waals surface area contributed by atoms with E-state index in [0.717, 1.165) is 44.5 Å². The van der Waals surface area contributed by atoms with Crippen molar-refractivity contribution in [2.45, 2.75) is 13.3 Å². The van der Waals surface area contributed by atoms with Gasteiger partial charge in [0.15, 0.2) is 0 Å². The van der Waals surface area contributed by atoms with Crippen molar-refractivity contribution in [1.82, 2.24) is 9.97 Å². The van der Waals surface area contributed by atoms with Crippen LogP contribution in [0.25, 0.3) is 21.8 Å². The molecule has 5 nitrogen and oxygen atoms in total. The molecular weight excluding hydrogens is 314 g/mol. The number of methoxy groups -OCH3 is 1. The Morgan fingerprint density at radius 1 is 1.12 bits per heavy atom. The summed E-state index contributed by atoms with van der Waals surface area (Å²) in [6, 6.07) is 13.7. The molecule has 0 fully saturated rings. The molecule has 2 heterocycles. The number of amides is 1. The van der Waals surface area contributed by atoms with Gasteiger partial charge in [-0.3, -0.25) is 4.79 Å². The number of fused-ring (bicyclic) bond motifs is 2. The maximum atomic E-state index is 12.5. The van der Waals surface area contributed by atoms with Crippen LogP contribution >= 0.6 is 0 Å². The summed E-state index contributed by atoms with van der Waals surface area (Å²) in [5, 5.41) is 5.07. The van der Waals surface area contributed by atoms with Crippen molar-refractivity contribution < 1.29 is 9.53 Å². The van der Waals surface area contributed by atoms with E-state index in [2.05, 4.69) is 21.4 Å². The van der Waals surface area contributed by atoms with Crippen LogP contribution in [0, 0.1) is 6.92 Å². The summed E-state index contributed by atoms with van der Waals surface area (Å²) in [6.07, 6.45) is 2.18. The summed E-state index contributed by atoms with van der Waals surface area (Å²) in [7, 11) is 1.64. The molecule has 0 radical (unpaired) electrons. The fourth-order valence-corrected chi connectivity index (χ4v) is 3.16. The summed E-state index contributed by atoms with van der Waals surface area (Å²) in [5.41, 5.74) is 4.91. The number of benzene rings is 2. The third-order valence-electron chi connectivity index (χ3n) is 4.36.